The first-order valence-electron chi connectivity index (χ1n) is 8.10. The van der Waals surface area contributed by atoms with Crippen LogP contribution in [0.25, 0.3) is 10.9 Å². The summed E-state index contributed by atoms with van der Waals surface area (Å²) in [4.78, 5) is 6.59. The lowest BCUT2D eigenvalue weighted by Crippen LogP contribution is -2.35. The minimum Gasteiger partial charge on any atom is -0.383 e. The van der Waals surface area contributed by atoms with Crippen LogP contribution in [0.2, 0.25) is 0 Å². The Morgan fingerprint density at radius 2 is 1.92 bits per heavy atom. The van der Waals surface area contributed by atoms with E-state index in [2.05, 4.69) is 43.9 Å². The van der Waals surface area contributed by atoms with Crippen LogP contribution in [0.4, 0.5) is 11.6 Å². The van der Waals surface area contributed by atoms with E-state index in [0.29, 0.717) is 17.4 Å². The van der Waals surface area contributed by atoms with Gasteiger partial charge in [0.1, 0.15) is 17.7 Å². The molecule has 3 heterocycles. The third kappa shape index (κ3) is 2.44. The number of piperidine rings is 1. The molecule has 0 unspecified atom stereocenters. The zero-order valence-corrected chi connectivity index (χ0v) is 13.3. The zero-order valence-electron chi connectivity index (χ0n) is 13.3. The second-order valence-electron chi connectivity index (χ2n) is 6.08. The minimum absolute atomic E-state index is 0.301. The van der Waals surface area contributed by atoms with Crippen molar-refractivity contribution in [3.63, 3.8) is 0 Å². The van der Waals surface area contributed by atoms with Gasteiger partial charge < -0.3 is 10.6 Å². The van der Waals surface area contributed by atoms with Gasteiger partial charge in [-0.25, -0.2) is 4.98 Å². The van der Waals surface area contributed by atoms with Gasteiger partial charge in [0.15, 0.2) is 0 Å². The first-order chi connectivity index (χ1) is 11.8. The van der Waals surface area contributed by atoms with Crippen LogP contribution in [0.5, 0.6) is 0 Å². The lowest BCUT2D eigenvalue weighted by molar-refractivity contribution is 0.375. The number of pyridine rings is 1. The van der Waals surface area contributed by atoms with Crippen molar-refractivity contribution >= 4 is 22.5 Å². The Morgan fingerprint density at radius 1 is 1.12 bits per heavy atom. The Morgan fingerprint density at radius 3 is 2.67 bits per heavy atom. The summed E-state index contributed by atoms with van der Waals surface area (Å²) in [5.41, 5.74) is 7.45. The number of anilines is 2. The third-order valence-corrected chi connectivity index (χ3v) is 4.67. The molecule has 3 aromatic rings. The minimum atomic E-state index is 0.301. The summed E-state index contributed by atoms with van der Waals surface area (Å²) in [6.07, 6.45) is 3.95. The summed E-state index contributed by atoms with van der Waals surface area (Å²) in [6.45, 7) is 1.80. The molecule has 0 spiro atoms. The standard InChI is InChI=1S/C18H18N6/c19-11-13-5-6-17(22-18(13)20)23-9-7-15(8-10-23)24-16-4-2-1-3-14(16)12-21-24/h1-6,12,15H,7-10H2,(H2,20,22). The van der Waals surface area contributed by atoms with E-state index in [9.17, 15) is 0 Å². The van der Waals surface area contributed by atoms with E-state index in [-0.39, 0.29) is 0 Å². The molecule has 0 aliphatic carbocycles. The second kappa shape index (κ2) is 5.85. The molecule has 0 saturated carbocycles. The van der Waals surface area contributed by atoms with Gasteiger partial charge in [0, 0.05) is 18.5 Å². The molecular weight excluding hydrogens is 300 g/mol. The molecule has 1 aliphatic heterocycles. The predicted molar refractivity (Wildman–Crippen MR) is 93.6 cm³/mol. The molecule has 24 heavy (non-hydrogen) atoms. The molecule has 120 valence electrons. The highest BCUT2D eigenvalue weighted by Crippen LogP contribution is 2.28. The molecule has 6 heteroatoms. The Balaban J connectivity index is 1.51. The molecule has 6 nitrogen and oxygen atoms in total. The van der Waals surface area contributed by atoms with Crippen LogP contribution in [0.3, 0.4) is 0 Å². The average molecular weight is 318 g/mol. The Kier molecular flexibility index (Phi) is 3.54. The van der Waals surface area contributed by atoms with E-state index in [1.165, 1.54) is 10.9 Å². The van der Waals surface area contributed by atoms with Gasteiger partial charge in [0.25, 0.3) is 0 Å². The fraction of sp³-hybridized carbons (Fsp3) is 0.278. The van der Waals surface area contributed by atoms with Gasteiger partial charge in [-0.2, -0.15) is 10.4 Å². The quantitative estimate of drug-likeness (QED) is 0.785. The van der Waals surface area contributed by atoms with Crippen LogP contribution in [-0.4, -0.2) is 27.9 Å². The van der Waals surface area contributed by atoms with Crippen LogP contribution >= 0.6 is 0 Å². The highest BCUT2D eigenvalue weighted by molar-refractivity contribution is 5.78. The maximum atomic E-state index is 8.95. The maximum absolute atomic E-state index is 8.95. The SMILES string of the molecule is N#Cc1ccc(N2CCC(n3ncc4ccccc43)CC2)nc1N. The first-order valence-corrected chi connectivity index (χ1v) is 8.10. The average Bonchev–Trinajstić information content (AvgIpc) is 3.06. The van der Waals surface area contributed by atoms with Gasteiger partial charge in [-0.15, -0.1) is 0 Å². The molecule has 2 aromatic heterocycles. The Labute approximate surface area is 140 Å². The number of rotatable bonds is 2. The van der Waals surface area contributed by atoms with E-state index in [1.54, 1.807) is 6.07 Å². The Hall–Kier alpha value is -3.07. The number of hydrogen-bond acceptors (Lipinski definition) is 5. The van der Waals surface area contributed by atoms with E-state index in [0.717, 1.165) is 31.7 Å². The third-order valence-electron chi connectivity index (χ3n) is 4.67. The lowest BCUT2D eigenvalue weighted by atomic mass is 10.0. The summed E-state index contributed by atoms with van der Waals surface area (Å²) >= 11 is 0. The Bertz CT molecular complexity index is 915. The fourth-order valence-corrected chi connectivity index (χ4v) is 3.36. The van der Waals surface area contributed by atoms with Gasteiger partial charge in [0.05, 0.1) is 23.3 Å². The number of nitriles is 1. The van der Waals surface area contributed by atoms with Crippen LogP contribution in [0, 0.1) is 11.3 Å². The van der Waals surface area contributed by atoms with Crippen LogP contribution in [0.1, 0.15) is 24.4 Å². The summed E-state index contributed by atoms with van der Waals surface area (Å²) in [5.74, 6) is 1.14. The fourth-order valence-electron chi connectivity index (χ4n) is 3.36. The number of benzene rings is 1. The summed E-state index contributed by atoms with van der Waals surface area (Å²) in [5, 5.41) is 14.7. The number of nitrogens with two attached hydrogens (primary N) is 1. The smallest absolute Gasteiger partial charge is 0.143 e. The van der Waals surface area contributed by atoms with Crippen molar-refractivity contribution in [3.8, 4) is 6.07 Å². The molecule has 1 saturated heterocycles. The van der Waals surface area contributed by atoms with Crippen molar-refractivity contribution in [2.24, 2.45) is 0 Å². The highest BCUT2D eigenvalue weighted by Gasteiger charge is 2.23. The molecule has 0 radical (unpaired) electrons. The van der Waals surface area contributed by atoms with Crippen molar-refractivity contribution in [3.05, 3.63) is 48.2 Å². The molecule has 0 amide bonds. The summed E-state index contributed by atoms with van der Waals surface area (Å²) in [7, 11) is 0. The van der Waals surface area contributed by atoms with Crippen molar-refractivity contribution in [2.45, 2.75) is 18.9 Å². The molecule has 0 bridgehead atoms. The molecule has 4 rings (SSSR count). The van der Waals surface area contributed by atoms with Crippen molar-refractivity contribution in [1.82, 2.24) is 14.8 Å². The van der Waals surface area contributed by atoms with Gasteiger partial charge >= 0.3 is 0 Å². The zero-order chi connectivity index (χ0) is 16.5. The van der Waals surface area contributed by atoms with Gasteiger partial charge in [-0.3, -0.25) is 4.68 Å². The van der Waals surface area contributed by atoms with Crippen LogP contribution in [0.15, 0.2) is 42.6 Å². The normalized spacial score (nSPS) is 15.5. The number of nitrogens with zero attached hydrogens (tertiary/aromatic N) is 5. The number of fused-ring (bicyclic) bond motifs is 1. The van der Waals surface area contributed by atoms with Gasteiger partial charge in [0.2, 0.25) is 0 Å². The van der Waals surface area contributed by atoms with Crippen molar-refractivity contribution in [2.75, 3.05) is 23.7 Å². The predicted octanol–water partition coefficient (Wildman–Crippen LogP) is 2.73. The van der Waals surface area contributed by atoms with E-state index in [4.69, 9.17) is 11.0 Å². The monoisotopic (exact) mass is 318 g/mol. The molecular formula is C18H18N6. The van der Waals surface area contributed by atoms with Crippen LogP contribution < -0.4 is 10.6 Å². The first kappa shape index (κ1) is 14.5. The topological polar surface area (TPSA) is 83.8 Å². The van der Waals surface area contributed by atoms with E-state index < -0.39 is 0 Å². The summed E-state index contributed by atoms with van der Waals surface area (Å²) < 4.78 is 2.15. The van der Waals surface area contributed by atoms with Gasteiger partial charge in [-0.1, -0.05) is 18.2 Å². The van der Waals surface area contributed by atoms with E-state index in [1.807, 2.05) is 18.3 Å². The molecule has 2 N–H and O–H groups in total. The number of para-hydroxylation sites is 1. The number of hydrogen-bond donors (Lipinski definition) is 1. The second-order valence-corrected chi connectivity index (χ2v) is 6.08. The largest absolute Gasteiger partial charge is 0.383 e. The van der Waals surface area contributed by atoms with Crippen molar-refractivity contribution < 1.29 is 0 Å². The number of nitrogen functional groups attached to an aromatic ring is 1. The van der Waals surface area contributed by atoms with Gasteiger partial charge in [-0.05, 0) is 31.0 Å². The van der Waals surface area contributed by atoms with Crippen LogP contribution in [-0.2, 0) is 0 Å². The highest BCUT2D eigenvalue weighted by atomic mass is 15.3. The van der Waals surface area contributed by atoms with Crippen molar-refractivity contribution in [1.29, 1.82) is 5.26 Å². The molecule has 1 aromatic carbocycles. The molecule has 1 aliphatic rings. The lowest BCUT2D eigenvalue weighted by Gasteiger charge is -2.33. The number of aromatic nitrogens is 3. The maximum Gasteiger partial charge on any atom is 0.143 e. The van der Waals surface area contributed by atoms with E-state index >= 15 is 0 Å². The molecule has 1 fully saturated rings. The summed E-state index contributed by atoms with van der Waals surface area (Å²) in [6, 6.07) is 14.4. The molecule has 0 atom stereocenters.